The van der Waals surface area contributed by atoms with E-state index in [1.54, 1.807) is 39.0 Å². The Balaban J connectivity index is 2.23. The van der Waals surface area contributed by atoms with Crippen LogP contribution in [0.2, 0.25) is 0 Å². The zero-order valence-corrected chi connectivity index (χ0v) is 13.1. The van der Waals surface area contributed by atoms with E-state index >= 15 is 0 Å². The van der Waals surface area contributed by atoms with Crippen molar-refractivity contribution in [2.45, 2.75) is 32.5 Å². The summed E-state index contributed by atoms with van der Waals surface area (Å²) in [5.74, 6) is 0.576. The van der Waals surface area contributed by atoms with E-state index in [2.05, 4.69) is 10.6 Å². The van der Waals surface area contributed by atoms with Crippen molar-refractivity contribution in [1.29, 1.82) is 0 Å². The minimum atomic E-state index is -0.607. The van der Waals surface area contributed by atoms with Crippen LogP contribution in [0.1, 0.15) is 32.4 Å². The lowest BCUT2D eigenvalue weighted by Gasteiger charge is -2.21. The smallest absolute Gasteiger partial charge is 0.412 e. The van der Waals surface area contributed by atoms with Crippen LogP contribution in [0.25, 0.3) is 0 Å². The van der Waals surface area contributed by atoms with E-state index in [-0.39, 0.29) is 0 Å². The summed E-state index contributed by atoms with van der Waals surface area (Å²) in [4.78, 5) is 23.2. The van der Waals surface area contributed by atoms with Crippen molar-refractivity contribution in [2.24, 2.45) is 0 Å². The predicted octanol–water partition coefficient (Wildman–Crippen LogP) is 2.82. The second kappa shape index (κ2) is 6.13. The quantitative estimate of drug-likeness (QED) is 0.896. The van der Waals surface area contributed by atoms with Gasteiger partial charge < -0.3 is 19.5 Å². The second-order valence-electron chi connectivity index (χ2n) is 5.85. The van der Waals surface area contributed by atoms with Gasteiger partial charge >= 0.3 is 12.2 Å². The molecule has 2 N–H and O–H groups in total. The molecule has 7 heteroatoms. The fraction of sp³-hybridized carbons (Fsp3) is 0.467. The molecule has 1 fully saturated rings. The van der Waals surface area contributed by atoms with Gasteiger partial charge in [0.25, 0.3) is 0 Å². The first kappa shape index (κ1) is 15.9. The molecule has 0 saturated carbocycles. The number of hydrogen-bond acceptors (Lipinski definition) is 5. The highest BCUT2D eigenvalue weighted by Gasteiger charge is 2.27. The van der Waals surface area contributed by atoms with Crippen LogP contribution in [0.5, 0.6) is 5.75 Å². The van der Waals surface area contributed by atoms with E-state index in [1.165, 1.54) is 7.11 Å². The summed E-state index contributed by atoms with van der Waals surface area (Å²) < 4.78 is 15.6. The van der Waals surface area contributed by atoms with Gasteiger partial charge in [0.05, 0.1) is 19.3 Å². The van der Waals surface area contributed by atoms with Gasteiger partial charge in [0.1, 0.15) is 17.5 Å². The van der Waals surface area contributed by atoms with Gasteiger partial charge in [0, 0.05) is 11.6 Å². The number of carbonyl (C=O) groups is 2. The molecule has 1 aliphatic heterocycles. The first-order valence-corrected chi connectivity index (χ1v) is 6.91. The molecule has 2 rings (SSSR count). The molecule has 0 spiro atoms. The molecule has 1 aromatic rings. The van der Waals surface area contributed by atoms with Crippen molar-refractivity contribution >= 4 is 17.9 Å². The van der Waals surface area contributed by atoms with Crippen LogP contribution in [0.3, 0.4) is 0 Å². The third kappa shape index (κ3) is 4.03. The summed E-state index contributed by atoms with van der Waals surface area (Å²) in [6, 6.07) is 5.14. The number of methoxy groups -OCH3 is 1. The van der Waals surface area contributed by atoms with E-state index in [0.29, 0.717) is 23.5 Å². The third-order valence-electron chi connectivity index (χ3n) is 2.92. The summed E-state index contributed by atoms with van der Waals surface area (Å²) >= 11 is 0. The number of nitrogens with one attached hydrogen (secondary N) is 2. The van der Waals surface area contributed by atoms with Gasteiger partial charge in [-0.2, -0.15) is 0 Å². The monoisotopic (exact) mass is 308 g/mol. The van der Waals surface area contributed by atoms with Gasteiger partial charge in [0.15, 0.2) is 0 Å². The van der Waals surface area contributed by atoms with E-state index < -0.39 is 23.9 Å². The minimum absolute atomic E-state index is 0.341. The van der Waals surface area contributed by atoms with Crippen molar-refractivity contribution in [3.63, 3.8) is 0 Å². The zero-order chi connectivity index (χ0) is 16.3. The van der Waals surface area contributed by atoms with Crippen LogP contribution in [-0.4, -0.2) is 31.4 Å². The third-order valence-corrected chi connectivity index (χ3v) is 2.92. The van der Waals surface area contributed by atoms with Crippen molar-refractivity contribution < 1.29 is 23.8 Å². The number of anilines is 1. The molecular weight excluding hydrogens is 288 g/mol. The van der Waals surface area contributed by atoms with Crippen LogP contribution in [0, 0.1) is 0 Å². The molecule has 120 valence electrons. The van der Waals surface area contributed by atoms with Crippen molar-refractivity contribution in [3.8, 4) is 5.75 Å². The molecule has 1 heterocycles. The van der Waals surface area contributed by atoms with Gasteiger partial charge in [0.2, 0.25) is 0 Å². The van der Waals surface area contributed by atoms with Crippen LogP contribution in [0.4, 0.5) is 15.3 Å². The van der Waals surface area contributed by atoms with Gasteiger partial charge in [-0.05, 0) is 32.9 Å². The fourth-order valence-electron chi connectivity index (χ4n) is 2.03. The number of ether oxygens (including phenoxy) is 3. The number of rotatable bonds is 3. The predicted molar refractivity (Wildman–Crippen MR) is 80.1 cm³/mol. The molecule has 1 saturated heterocycles. The van der Waals surface area contributed by atoms with E-state index in [1.807, 2.05) is 0 Å². The lowest BCUT2D eigenvalue weighted by molar-refractivity contribution is 0.0635. The molecule has 0 aliphatic carbocycles. The maximum absolute atomic E-state index is 12.0. The average Bonchev–Trinajstić information content (AvgIpc) is 2.82. The lowest BCUT2D eigenvalue weighted by atomic mass is 10.1. The number of alkyl carbamates (subject to hydrolysis) is 1. The normalized spacial score (nSPS) is 17.5. The maximum atomic E-state index is 12.0. The Morgan fingerprint density at radius 1 is 1.41 bits per heavy atom. The van der Waals surface area contributed by atoms with E-state index in [9.17, 15) is 9.59 Å². The standard InChI is InChI=1S/C15H20N2O5/c1-15(2,3)22-14(19)17-11-7-9(20-4)5-6-10(11)12-8-16-13(18)21-12/h5-7,12H,8H2,1-4H3,(H,16,18)(H,17,19). The van der Waals surface area contributed by atoms with Crippen molar-refractivity contribution in [3.05, 3.63) is 23.8 Å². The van der Waals surface area contributed by atoms with E-state index in [0.717, 1.165) is 0 Å². The highest BCUT2D eigenvalue weighted by atomic mass is 16.6. The highest BCUT2D eigenvalue weighted by Crippen LogP contribution is 2.31. The molecular formula is C15H20N2O5. The summed E-state index contributed by atoms with van der Waals surface area (Å²) in [6.45, 7) is 5.68. The Morgan fingerprint density at radius 2 is 2.14 bits per heavy atom. The fourth-order valence-corrected chi connectivity index (χ4v) is 2.03. The summed E-state index contributed by atoms with van der Waals surface area (Å²) in [6.07, 6.45) is -1.54. The minimum Gasteiger partial charge on any atom is -0.497 e. The molecule has 1 atom stereocenters. The summed E-state index contributed by atoms with van der Waals surface area (Å²) in [5.41, 5.74) is 0.546. The first-order chi connectivity index (χ1) is 10.3. The Labute approximate surface area is 128 Å². The van der Waals surface area contributed by atoms with Crippen LogP contribution in [0.15, 0.2) is 18.2 Å². The van der Waals surface area contributed by atoms with Gasteiger partial charge in [-0.3, -0.25) is 5.32 Å². The first-order valence-electron chi connectivity index (χ1n) is 6.91. The summed E-state index contributed by atoms with van der Waals surface area (Å²) in [7, 11) is 1.53. The molecule has 0 aromatic heterocycles. The van der Waals surface area contributed by atoms with Gasteiger partial charge in [-0.15, -0.1) is 0 Å². The summed E-state index contributed by atoms with van der Waals surface area (Å²) in [5, 5.41) is 5.25. The molecule has 0 radical (unpaired) electrons. The van der Waals surface area contributed by atoms with Crippen molar-refractivity contribution in [1.82, 2.24) is 5.32 Å². The van der Waals surface area contributed by atoms with Gasteiger partial charge in [-0.25, -0.2) is 9.59 Å². The largest absolute Gasteiger partial charge is 0.497 e. The average molecular weight is 308 g/mol. The number of amides is 2. The lowest BCUT2D eigenvalue weighted by Crippen LogP contribution is -2.27. The molecule has 1 aromatic carbocycles. The Hall–Kier alpha value is -2.44. The van der Waals surface area contributed by atoms with Crippen molar-refractivity contribution in [2.75, 3.05) is 19.0 Å². The molecule has 1 unspecified atom stereocenters. The van der Waals surface area contributed by atoms with E-state index in [4.69, 9.17) is 14.2 Å². The second-order valence-corrected chi connectivity index (χ2v) is 5.85. The Bertz CT molecular complexity index is 580. The van der Waals surface area contributed by atoms with Gasteiger partial charge in [-0.1, -0.05) is 0 Å². The van der Waals surface area contributed by atoms with Crippen LogP contribution >= 0.6 is 0 Å². The maximum Gasteiger partial charge on any atom is 0.412 e. The number of benzene rings is 1. The molecule has 22 heavy (non-hydrogen) atoms. The molecule has 7 nitrogen and oxygen atoms in total. The topological polar surface area (TPSA) is 85.9 Å². The highest BCUT2D eigenvalue weighted by molar-refractivity contribution is 5.86. The van der Waals surface area contributed by atoms with Crippen LogP contribution in [-0.2, 0) is 9.47 Å². The number of carbonyl (C=O) groups excluding carboxylic acids is 2. The number of cyclic esters (lactones) is 1. The Morgan fingerprint density at radius 3 is 2.68 bits per heavy atom. The molecule has 2 amide bonds. The zero-order valence-electron chi connectivity index (χ0n) is 13.1. The molecule has 0 bridgehead atoms. The SMILES string of the molecule is COc1ccc(C2CNC(=O)O2)c(NC(=O)OC(C)(C)C)c1. The number of hydrogen-bond donors (Lipinski definition) is 2. The Kier molecular flexibility index (Phi) is 4.44. The van der Waals surface area contributed by atoms with Crippen LogP contribution < -0.4 is 15.4 Å². The molecule has 1 aliphatic rings.